The van der Waals surface area contributed by atoms with E-state index in [1.165, 1.54) is 0 Å². The molecule has 1 unspecified atom stereocenters. The second-order valence-corrected chi connectivity index (χ2v) is 6.92. The Balaban J connectivity index is 4.57. The molecular weight excluding hydrogens is 210 g/mol. The average Bonchev–Trinajstić information content (AvgIpc) is 2.22. The van der Waals surface area contributed by atoms with E-state index in [1.807, 2.05) is 6.92 Å². The van der Waals surface area contributed by atoms with Crippen LogP contribution in [0.4, 0.5) is 0 Å². The SMILES string of the molecule is CCC(=O)NC(CCC(C)(C)C)C(C)(C)CC. The van der Waals surface area contributed by atoms with E-state index >= 15 is 0 Å². The van der Waals surface area contributed by atoms with Crippen LogP contribution in [0.2, 0.25) is 0 Å². The van der Waals surface area contributed by atoms with E-state index < -0.39 is 0 Å². The Bertz CT molecular complexity index is 238. The van der Waals surface area contributed by atoms with Crippen molar-refractivity contribution >= 4 is 5.91 Å². The summed E-state index contributed by atoms with van der Waals surface area (Å²) in [7, 11) is 0. The smallest absolute Gasteiger partial charge is 0.219 e. The predicted octanol–water partition coefficient (Wildman–Crippen LogP) is 4.14. The van der Waals surface area contributed by atoms with Crippen LogP contribution in [0.15, 0.2) is 0 Å². The fraction of sp³-hybridized carbons (Fsp3) is 0.933. The zero-order chi connectivity index (χ0) is 13.7. The summed E-state index contributed by atoms with van der Waals surface area (Å²) >= 11 is 0. The van der Waals surface area contributed by atoms with Gasteiger partial charge in [0.25, 0.3) is 0 Å². The molecule has 1 N–H and O–H groups in total. The maximum Gasteiger partial charge on any atom is 0.219 e. The van der Waals surface area contributed by atoms with Crippen LogP contribution in [0.5, 0.6) is 0 Å². The van der Waals surface area contributed by atoms with Gasteiger partial charge in [-0.1, -0.05) is 48.5 Å². The summed E-state index contributed by atoms with van der Waals surface area (Å²) in [6.45, 7) is 15.4. The van der Waals surface area contributed by atoms with E-state index in [1.54, 1.807) is 0 Å². The molecule has 0 spiro atoms. The van der Waals surface area contributed by atoms with Crippen LogP contribution in [-0.2, 0) is 4.79 Å². The van der Waals surface area contributed by atoms with Crippen molar-refractivity contribution in [3.8, 4) is 0 Å². The lowest BCUT2D eigenvalue weighted by Crippen LogP contribution is -2.45. The van der Waals surface area contributed by atoms with Gasteiger partial charge in [-0.05, 0) is 30.1 Å². The summed E-state index contributed by atoms with van der Waals surface area (Å²) in [5, 5.41) is 3.19. The lowest BCUT2D eigenvalue weighted by atomic mass is 9.77. The third kappa shape index (κ3) is 6.70. The molecule has 0 aliphatic carbocycles. The lowest BCUT2D eigenvalue weighted by molar-refractivity contribution is -0.122. The van der Waals surface area contributed by atoms with Crippen molar-refractivity contribution in [1.29, 1.82) is 0 Å². The van der Waals surface area contributed by atoms with Crippen LogP contribution in [0.1, 0.15) is 74.1 Å². The number of nitrogens with one attached hydrogen (secondary N) is 1. The normalized spacial score (nSPS) is 14.5. The number of carbonyl (C=O) groups excluding carboxylic acids is 1. The second kappa shape index (κ2) is 6.42. The minimum Gasteiger partial charge on any atom is -0.353 e. The van der Waals surface area contributed by atoms with Crippen molar-refractivity contribution in [2.45, 2.75) is 80.2 Å². The Morgan fingerprint density at radius 1 is 1.12 bits per heavy atom. The maximum atomic E-state index is 11.6. The molecule has 1 amide bonds. The van der Waals surface area contributed by atoms with Crippen molar-refractivity contribution in [3.63, 3.8) is 0 Å². The van der Waals surface area contributed by atoms with Gasteiger partial charge in [-0.2, -0.15) is 0 Å². The van der Waals surface area contributed by atoms with E-state index in [0.717, 1.165) is 19.3 Å². The van der Waals surface area contributed by atoms with Crippen molar-refractivity contribution < 1.29 is 4.79 Å². The molecular formula is C15H31NO. The Morgan fingerprint density at radius 2 is 1.65 bits per heavy atom. The first-order valence-electron chi connectivity index (χ1n) is 6.91. The van der Waals surface area contributed by atoms with Crippen molar-refractivity contribution in [3.05, 3.63) is 0 Å². The molecule has 0 rings (SSSR count). The summed E-state index contributed by atoms with van der Waals surface area (Å²) in [6, 6.07) is 0.291. The highest BCUT2D eigenvalue weighted by Gasteiger charge is 2.29. The predicted molar refractivity (Wildman–Crippen MR) is 75.0 cm³/mol. The zero-order valence-electron chi connectivity index (χ0n) is 12.8. The van der Waals surface area contributed by atoms with Gasteiger partial charge in [0.15, 0.2) is 0 Å². The minimum atomic E-state index is 0.172. The molecule has 1 atom stereocenters. The third-order valence-corrected chi connectivity index (χ3v) is 3.69. The van der Waals surface area contributed by atoms with E-state index in [-0.39, 0.29) is 11.3 Å². The highest BCUT2D eigenvalue weighted by molar-refractivity contribution is 5.75. The fourth-order valence-corrected chi connectivity index (χ4v) is 1.78. The summed E-state index contributed by atoms with van der Waals surface area (Å²) in [4.78, 5) is 11.6. The quantitative estimate of drug-likeness (QED) is 0.744. The average molecular weight is 241 g/mol. The molecule has 0 aliphatic rings. The Hall–Kier alpha value is -0.530. The van der Waals surface area contributed by atoms with Gasteiger partial charge in [0.05, 0.1) is 0 Å². The van der Waals surface area contributed by atoms with E-state index in [4.69, 9.17) is 0 Å². The number of amides is 1. The second-order valence-electron chi connectivity index (χ2n) is 6.92. The van der Waals surface area contributed by atoms with Crippen molar-refractivity contribution in [2.75, 3.05) is 0 Å². The summed E-state index contributed by atoms with van der Waals surface area (Å²) in [5.41, 5.74) is 0.509. The molecule has 2 heteroatoms. The molecule has 0 heterocycles. The first-order valence-corrected chi connectivity index (χ1v) is 6.91. The topological polar surface area (TPSA) is 29.1 Å². The lowest BCUT2D eigenvalue weighted by Gasteiger charge is -2.36. The Kier molecular flexibility index (Phi) is 6.22. The molecule has 0 saturated carbocycles. The van der Waals surface area contributed by atoms with Crippen LogP contribution in [0, 0.1) is 10.8 Å². The first-order chi connectivity index (χ1) is 7.62. The molecule has 0 aromatic rings. The monoisotopic (exact) mass is 241 g/mol. The minimum absolute atomic E-state index is 0.172. The van der Waals surface area contributed by atoms with E-state index in [2.05, 4.69) is 46.9 Å². The van der Waals surface area contributed by atoms with Crippen LogP contribution >= 0.6 is 0 Å². The number of rotatable bonds is 6. The van der Waals surface area contributed by atoms with E-state index in [9.17, 15) is 4.79 Å². The van der Waals surface area contributed by atoms with Gasteiger partial charge in [0, 0.05) is 12.5 Å². The van der Waals surface area contributed by atoms with Gasteiger partial charge in [-0.3, -0.25) is 4.79 Å². The van der Waals surface area contributed by atoms with E-state index in [0.29, 0.717) is 17.9 Å². The molecule has 0 aromatic heterocycles. The van der Waals surface area contributed by atoms with Crippen LogP contribution in [-0.4, -0.2) is 11.9 Å². The molecule has 102 valence electrons. The van der Waals surface area contributed by atoms with Crippen molar-refractivity contribution in [1.82, 2.24) is 5.32 Å². The van der Waals surface area contributed by atoms with Crippen molar-refractivity contribution in [2.24, 2.45) is 10.8 Å². The van der Waals surface area contributed by atoms with Gasteiger partial charge in [0.1, 0.15) is 0 Å². The third-order valence-electron chi connectivity index (χ3n) is 3.69. The summed E-state index contributed by atoms with van der Waals surface area (Å²) < 4.78 is 0. The molecule has 17 heavy (non-hydrogen) atoms. The zero-order valence-corrected chi connectivity index (χ0v) is 12.8. The van der Waals surface area contributed by atoms with Crippen LogP contribution in [0.3, 0.4) is 0 Å². The Morgan fingerprint density at radius 3 is 2.00 bits per heavy atom. The van der Waals surface area contributed by atoms with Gasteiger partial charge >= 0.3 is 0 Å². The summed E-state index contributed by atoms with van der Waals surface area (Å²) in [5.74, 6) is 0.172. The number of hydrogen-bond donors (Lipinski definition) is 1. The molecule has 0 aromatic carbocycles. The highest BCUT2D eigenvalue weighted by atomic mass is 16.1. The fourth-order valence-electron chi connectivity index (χ4n) is 1.78. The molecule has 2 nitrogen and oxygen atoms in total. The molecule has 0 aliphatic heterocycles. The first kappa shape index (κ1) is 16.5. The molecule has 0 saturated heterocycles. The maximum absolute atomic E-state index is 11.6. The Labute approximate surface area is 108 Å². The van der Waals surface area contributed by atoms with Gasteiger partial charge in [-0.15, -0.1) is 0 Å². The summed E-state index contributed by atoms with van der Waals surface area (Å²) in [6.07, 6.45) is 3.87. The van der Waals surface area contributed by atoms with Gasteiger partial charge < -0.3 is 5.32 Å². The molecule has 0 radical (unpaired) electrons. The largest absolute Gasteiger partial charge is 0.353 e. The standard InChI is InChI=1S/C15H31NO/c1-8-13(17)16-12(15(6,7)9-2)10-11-14(3,4)5/h12H,8-11H2,1-7H3,(H,16,17). The van der Waals surface area contributed by atoms with Gasteiger partial charge in [0.2, 0.25) is 5.91 Å². The number of carbonyl (C=O) groups is 1. The molecule has 0 fully saturated rings. The highest BCUT2D eigenvalue weighted by Crippen LogP contribution is 2.31. The molecule has 0 bridgehead atoms. The number of hydrogen-bond acceptors (Lipinski definition) is 1. The van der Waals surface area contributed by atoms with Crippen LogP contribution in [0.25, 0.3) is 0 Å². The van der Waals surface area contributed by atoms with Gasteiger partial charge in [-0.25, -0.2) is 0 Å². The van der Waals surface area contributed by atoms with Crippen LogP contribution < -0.4 is 5.32 Å².